The van der Waals surface area contributed by atoms with Crippen molar-refractivity contribution in [2.75, 3.05) is 0 Å². The van der Waals surface area contributed by atoms with Crippen molar-refractivity contribution in [3.8, 4) is 0 Å². The molecule has 0 bridgehead atoms. The Hall–Kier alpha value is -0.0400. The summed E-state index contributed by atoms with van der Waals surface area (Å²) in [6.45, 7) is 6.39. The van der Waals surface area contributed by atoms with Crippen LogP contribution in [0.25, 0.3) is 0 Å². The van der Waals surface area contributed by atoms with E-state index in [1.165, 1.54) is 32.1 Å². The van der Waals surface area contributed by atoms with Crippen molar-refractivity contribution in [2.24, 2.45) is 5.92 Å². The predicted octanol–water partition coefficient (Wildman–Crippen LogP) is 3.36. The second-order valence-electron chi connectivity index (χ2n) is 3.84. The molecule has 1 N–H and O–H groups in total. The Bertz CT molecular complexity index is 89.0. The summed E-state index contributed by atoms with van der Waals surface area (Å²) in [5.74, 6) is 0.897. The maximum Gasteiger partial charge on any atom is 0.0512 e. The van der Waals surface area contributed by atoms with Gasteiger partial charge in [-0.3, -0.25) is 0 Å². The third kappa shape index (κ3) is 6.66. The summed E-state index contributed by atoms with van der Waals surface area (Å²) in [5.41, 5.74) is 0. The van der Waals surface area contributed by atoms with Gasteiger partial charge in [-0.25, -0.2) is 0 Å². The molecule has 0 aromatic rings. The van der Waals surface area contributed by atoms with Gasteiger partial charge in [0.1, 0.15) is 0 Å². The number of aliphatic hydroxyl groups is 1. The van der Waals surface area contributed by atoms with Crippen molar-refractivity contribution < 1.29 is 5.11 Å². The normalized spacial score (nSPS) is 16.0. The molecule has 0 aliphatic carbocycles. The molecular formula is C11H24O. The molecule has 1 nitrogen and oxygen atoms in total. The predicted molar refractivity (Wildman–Crippen MR) is 54.2 cm³/mol. The van der Waals surface area contributed by atoms with Crippen molar-refractivity contribution in [3.63, 3.8) is 0 Å². The number of hydrogen-bond donors (Lipinski definition) is 1. The Morgan fingerprint density at radius 1 is 1.08 bits per heavy atom. The third-order valence-electron chi connectivity index (χ3n) is 2.51. The second-order valence-corrected chi connectivity index (χ2v) is 3.84. The van der Waals surface area contributed by atoms with E-state index in [4.69, 9.17) is 5.11 Å². The molecule has 0 aliphatic heterocycles. The fourth-order valence-electron chi connectivity index (χ4n) is 1.66. The van der Waals surface area contributed by atoms with E-state index in [0.29, 0.717) is 0 Å². The highest BCUT2D eigenvalue weighted by Crippen LogP contribution is 2.18. The topological polar surface area (TPSA) is 20.2 Å². The molecule has 0 saturated heterocycles. The van der Waals surface area contributed by atoms with Crippen LogP contribution in [0.4, 0.5) is 0 Å². The van der Waals surface area contributed by atoms with Crippen molar-refractivity contribution in [1.29, 1.82) is 0 Å². The van der Waals surface area contributed by atoms with Gasteiger partial charge in [0, 0.05) is 0 Å². The summed E-state index contributed by atoms with van der Waals surface area (Å²) in [4.78, 5) is 0. The van der Waals surface area contributed by atoms with Gasteiger partial charge in [0.15, 0.2) is 0 Å². The Balaban J connectivity index is 3.31. The van der Waals surface area contributed by atoms with Crippen LogP contribution in [-0.2, 0) is 0 Å². The molecule has 0 radical (unpaired) electrons. The first kappa shape index (κ1) is 12.0. The van der Waals surface area contributed by atoms with E-state index in [0.717, 1.165) is 12.3 Å². The molecule has 2 unspecified atom stereocenters. The summed E-state index contributed by atoms with van der Waals surface area (Å²) in [6.07, 6.45) is 7.31. The molecule has 0 spiro atoms. The fourth-order valence-corrected chi connectivity index (χ4v) is 1.66. The monoisotopic (exact) mass is 172 g/mol. The highest BCUT2D eigenvalue weighted by Gasteiger charge is 2.05. The average Bonchev–Trinajstić information content (AvgIpc) is 2.02. The molecule has 0 aromatic heterocycles. The largest absolute Gasteiger partial charge is 0.393 e. The highest BCUT2D eigenvalue weighted by atomic mass is 16.3. The van der Waals surface area contributed by atoms with E-state index in [-0.39, 0.29) is 6.10 Å². The van der Waals surface area contributed by atoms with Gasteiger partial charge >= 0.3 is 0 Å². The van der Waals surface area contributed by atoms with Crippen LogP contribution in [-0.4, -0.2) is 11.2 Å². The molecule has 0 amide bonds. The lowest BCUT2D eigenvalue weighted by Gasteiger charge is -2.13. The van der Waals surface area contributed by atoms with E-state index in [1.807, 2.05) is 6.92 Å². The van der Waals surface area contributed by atoms with Crippen LogP contribution >= 0.6 is 0 Å². The lowest BCUT2D eigenvalue weighted by Crippen LogP contribution is -2.03. The zero-order valence-electron chi connectivity index (χ0n) is 8.84. The van der Waals surface area contributed by atoms with Crippen LogP contribution in [0.5, 0.6) is 0 Å². The summed E-state index contributed by atoms with van der Waals surface area (Å²) in [5, 5.41) is 9.07. The van der Waals surface area contributed by atoms with Gasteiger partial charge in [-0.1, -0.05) is 46.0 Å². The van der Waals surface area contributed by atoms with Crippen LogP contribution in [0, 0.1) is 5.92 Å². The van der Waals surface area contributed by atoms with Crippen LogP contribution in [0.1, 0.15) is 59.3 Å². The molecule has 0 rings (SSSR count). The van der Waals surface area contributed by atoms with E-state index in [9.17, 15) is 0 Å². The van der Waals surface area contributed by atoms with E-state index in [2.05, 4.69) is 13.8 Å². The van der Waals surface area contributed by atoms with Gasteiger partial charge in [0.2, 0.25) is 0 Å². The van der Waals surface area contributed by atoms with Crippen molar-refractivity contribution in [3.05, 3.63) is 0 Å². The maximum absolute atomic E-state index is 9.07. The summed E-state index contributed by atoms with van der Waals surface area (Å²) in [7, 11) is 0. The molecule has 12 heavy (non-hydrogen) atoms. The molecule has 0 heterocycles. The Labute approximate surface area is 77.2 Å². The van der Waals surface area contributed by atoms with Gasteiger partial charge < -0.3 is 5.11 Å². The van der Waals surface area contributed by atoms with Crippen LogP contribution in [0.15, 0.2) is 0 Å². The van der Waals surface area contributed by atoms with Crippen LogP contribution in [0.3, 0.4) is 0 Å². The Morgan fingerprint density at radius 2 is 1.75 bits per heavy atom. The first-order valence-electron chi connectivity index (χ1n) is 5.38. The van der Waals surface area contributed by atoms with Gasteiger partial charge in [0.05, 0.1) is 6.10 Å². The number of rotatable bonds is 7. The van der Waals surface area contributed by atoms with Gasteiger partial charge in [-0.15, -0.1) is 0 Å². The molecule has 1 heteroatoms. The Morgan fingerprint density at radius 3 is 2.17 bits per heavy atom. The maximum atomic E-state index is 9.07. The minimum atomic E-state index is -0.107. The van der Waals surface area contributed by atoms with E-state index < -0.39 is 0 Å². The first-order chi connectivity index (χ1) is 5.70. The molecule has 0 aliphatic rings. The molecule has 2 atom stereocenters. The molecule has 0 aromatic carbocycles. The molecule has 74 valence electrons. The third-order valence-corrected chi connectivity index (χ3v) is 2.51. The number of hydrogen-bond acceptors (Lipinski definition) is 1. The fraction of sp³-hybridized carbons (Fsp3) is 1.00. The van der Waals surface area contributed by atoms with E-state index in [1.54, 1.807) is 0 Å². The smallest absolute Gasteiger partial charge is 0.0512 e. The summed E-state index contributed by atoms with van der Waals surface area (Å²) < 4.78 is 0. The highest BCUT2D eigenvalue weighted by molar-refractivity contribution is 4.58. The average molecular weight is 172 g/mol. The quantitative estimate of drug-likeness (QED) is 0.624. The SMILES string of the molecule is CCCC(CC)CCCC(C)O. The molecule has 0 fully saturated rings. The van der Waals surface area contributed by atoms with Crippen molar-refractivity contribution in [1.82, 2.24) is 0 Å². The van der Waals surface area contributed by atoms with Gasteiger partial charge in [-0.2, -0.15) is 0 Å². The van der Waals surface area contributed by atoms with Gasteiger partial charge in [-0.05, 0) is 19.3 Å². The first-order valence-corrected chi connectivity index (χ1v) is 5.38. The van der Waals surface area contributed by atoms with Crippen LogP contribution < -0.4 is 0 Å². The summed E-state index contributed by atoms with van der Waals surface area (Å²) in [6, 6.07) is 0. The lowest BCUT2D eigenvalue weighted by molar-refractivity contribution is 0.177. The van der Waals surface area contributed by atoms with Gasteiger partial charge in [0.25, 0.3) is 0 Å². The zero-order chi connectivity index (χ0) is 9.40. The van der Waals surface area contributed by atoms with Crippen LogP contribution in [0.2, 0.25) is 0 Å². The zero-order valence-corrected chi connectivity index (χ0v) is 8.84. The minimum Gasteiger partial charge on any atom is -0.393 e. The number of aliphatic hydroxyl groups excluding tert-OH is 1. The molecule has 0 saturated carbocycles. The molecular weight excluding hydrogens is 148 g/mol. The lowest BCUT2D eigenvalue weighted by atomic mass is 9.94. The summed E-state index contributed by atoms with van der Waals surface area (Å²) >= 11 is 0. The minimum absolute atomic E-state index is 0.107. The second kappa shape index (κ2) is 7.60. The van der Waals surface area contributed by atoms with Crippen molar-refractivity contribution in [2.45, 2.75) is 65.4 Å². The van der Waals surface area contributed by atoms with E-state index >= 15 is 0 Å². The van der Waals surface area contributed by atoms with Crippen molar-refractivity contribution >= 4 is 0 Å². The Kier molecular flexibility index (Phi) is 7.58. The standard InChI is InChI=1S/C11H24O/c1-4-7-11(5-2)9-6-8-10(3)12/h10-12H,4-9H2,1-3H3.